The third kappa shape index (κ3) is 2.94. The highest BCUT2D eigenvalue weighted by Gasteiger charge is 2.12. The summed E-state index contributed by atoms with van der Waals surface area (Å²) in [6, 6.07) is 10.2. The molecule has 0 saturated carbocycles. The molecule has 2 rings (SSSR count). The Balaban J connectivity index is 2.00. The van der Waals surface area contributed by atoms with Crippen molar-refractivity contribution in [2.75, 3.05) is 0 Å². The molecule has 0 aliphatic carbocycles. The molecule has 0 fully saturated rings. The van der Waals surface area contributed by atoms with Crippen LogP contribution in [0.3, 0.4) is 0 Å². The van der Waals surface area contributed by atoms with Crippen LogP contribution < -0.4 is 5.32 Å². The van der Waals surface area contributed by atoms with Crippen LogP contribution in [0.5, 0.6) is 0 Å². The van der Waals surface area contributed by atoms with Gasteiger partial charge in [0.15, 0.2) is 0 Å². The zero-order valence-corrected chi connectivity index (χ0v) is 10.6. The van der Waals surface area contributed by atoms with Gasteiger partial charge in [0.25, 0.3) is 0 Å². The van der Waals surface area contributed by atoms with E-state index in [1.165, 1.54) is 5.56 Å². The molecule has 1 aliphatic rings. The second-order valence-electron chi connectivity index (χ2n) is 4.02. The van der Waals surface area contributed by atoms with Crippen molar-refractivity contribution < 1.29 is 0 Å². The summed E-state index contributed by atoms with van der Waals surface area (Å²) in [6.07, 6.45) is 4.44. The largest absolute Gasteiger partial charge is 0.380 e. The highest BCUT2D eigenvalue weighted by molar-refractivity contribution is 5.71. The normalized spacial score (nSPS) is 14.5. The van der Waals surface area contributed by atoms with Crippen LogP contribution in [0.4, 0.5) is 0 Å². The van der Waals surface area contributed by atoms with E-state index in [2.05, 4.69) is 34.0 Å². The first-order chi connectivity index (χ1) is 8.81. The average Bonchev–Trinajstić information content (AvgIpc) is 2.86. The van der Waals surface area contributed by atoms with Crippen molar-refractivity contribution in [1.29, 1.82) is 0 Å². The Morgan fingerprint density at radius 3 is 2.94 bits per heavy atom. The van der Waals surface area contributed by atoms with Crippen molar-refractivity contribution in [2.45, 2.75) is 19.9 Å². The van der Waals surface area contributed by atoms with Crippen molar-refractivity contribution in [1.82, 2.24) is 5.32 Å². The summed E-state index contributed by atoms with van der Waals surface area (Å²) in [5.74, 6) is 0. The number of benzene rings is 1. The summed E-state index contributed by atoms with van der Waals surface area (Å²) in [4.78, 5) is 8.64. The first-order valence-corrected chi connectivity index (χ1v) is 6.02. The third-order valence-electron chi connectivity index (χ3n) is 2.70. The van der Waals surface area contributed by atoms with E-state index >= 15 is 0 Å². The molecule has 0 amide bonds. The Hall–Kier alpha value is -2.16. The Labute approximate surface area is 108 Å². The van der Waals surface area contributed by atoms with Crippen LogP contribution in [0, 0.1) is 0 Å². The van der Waals surface area contributed by atoms with Gasteiger partial charge < -0.3 is 5.32 Å². The summed E-state index contributed by atoms with van der Waals surface area (Å²) < 4.78 is 0. The molecule has 0 atom stereocenters. The topological polar surface area (TPSA) is 36.8 Å². The van der Waals surface area contributed by atoms with Gasteiger partial charge in [-0.3, -0.25) is 9.98 Å². The molecule has 3 heteroatoms. The molecule has 18 heavy (non-hydrogen) atoms. The van der Waals surface area contributed by atoms with Crippen LogP contribution >= 0.6 is 0 Å². The second-order valence-corrected chi connectivity index (χ2v) is 4.02. The number of rotatable bonds is 5. The maximum Gasteiger partial charge on any atom is 0.107 e. The lowest BCUT2D eigenvalue weighted by molar-refractivity contribution is 0.817. The van der Waals surface area contributed by atoms with Gasteiger partial charge in [0.1, 0.15) is 5.70 Å². The molecule has 92 valence electrons. The second kappa shape index (κ2) is 5.96. The molecule has 0 unspecified atom stereocenters. The summed E-state index contributed by atoms with van der Waals surface area (Å²) in [5, 5.41) is 3.29. The number of hydrogen-bond donors (Lipinski definition) is 1. The highest BCUT2D eigenvalue weighted by atomic mass is 15.0. The predicted octanol–water partition coefficient (Wildman–Crippen LogP) is 3.07. The summed E-state index contributed by atoms with van der Waals surface area (Å²) in [5.41, 5.74) is 3.89. The van der Waals surface area contributed by atoms with Crippen molar-refractivity contribution in [3.05, 3.63) is 59.6 Å². The molecule has 1 heterocycles. The van der Waals surface area contributed by atoms with E-state index in [1.807, 2.05) is 31.3 Å². The quantitative estimate of drug-likeness (QED) is 0.788. The molecule has 0 spiro atoms. The van der Waals surface area contributed by atoms with E-state index in [0.29, 0.717) is 0 Å². The van der Waals surface area contributed by atoms with Crippen molar-refractivity contribution in [3.63, 3.8) is 0 Å². The Morgan fingerprint density at radius 2 is 2.22 bits per heavy atom. The minimum absolute atomic E-state index is 0.752. The standard InChI is InChI=1S/C15H17N3/c1-3-16-14-9-10-17-15(14)12(2)18-11-13-7-5-4-6-8-13/h3-8,10,18H,2,9,11H2,1H3/b16-3-. The molecule has 1 aliphatic heterocycles. The zero-order valence-electron chi connectivity index (χ0n) is 10.6. The SMILES string of the molecule is C=C(NCc1ccccc1)C1=C(/N=C\C)CC=N1. The van der Waals surface area contributed by atoms with Gasteiger partial charge in [-0.1, -0.05) is 36.9 Å². The number of nitrogens with one attached hydrogen (secondary N) is 1. The minimum atomic E-state index is 0.752. The molecule has 0 radical (unpaired) electrons. The lowest BCUT2D eigenvalue weighted by Gasteiger charge is -2.09. The van der Waals surface area contributed by atoms with E-state index in [0.717, 1.165) is 30.1 Å². The van der Waals surface area contributed by atoms with Crippen molar-refractivity contribution in [2.24, 2.45) is 9.98 Å². The van der Waals surface area contributed by atoms with Crippen LogP contribution in [-0.2, 0) is 6.54 Å². The summed E-state index contributed by atoms with van der Waals surface area (Å²) in [6.45, 7) is 6.69. The van der Waals surface area contributed by atoms with Gasteiger partial charge in [-0.2, -0.15) is 0 Å². The molecule has 1 aromatic rings. The van der Waals surface area contributed by atoms with Crippen LogP contribution in [-0.4, -0.2) is 12.4 Å². The summed E-state index contributed by atoms with van der Waals surface area (Å²) in [7, 11) is 0. The fourth-order valence-electron chi connectivity index (χ4n) is 1.80. The zero-order chi connectivity index (χ0) is 12.8. The fraction of sp³-hybridized carbons (Fsp3) is 0.200. The molecule has 1 aromatic carbocycles. The van der Waals surface area contributed by atoms with Crippen LogP contribution in [0.25, 0.3) is 0 Å². The Morgan fingerprint density at radius 1 is 1.44 bits per heavy atom. The number of aliphatic imine (C=N–C) groups is 2. The van der Waals surface area contributed by atoms with E-state index < -0.39 is 0 Å². The van der Waals surface area contributed by atoms with E-state index in [-0.39, 0.29) is 0 Å². The average molecular weight is 239 g/mol. The first-order valence-electron chi connectivity index (χ1n) is 6.02. The van der Waals surface area contributed by atoms with Crippen LogP contribution in [0.1, 0.15) is 18.9 Å². The van der Waals surface area contributed by atoms with E-state index in [9.17, 15) is 0 Å². The Kier molecular flexibility index (Phi) is 4.07. The van der Waals surface area contributed by atoms with Gasteiger partial charge >= 0.3 is 0 Å². The Bertz CT molecular complexity index is 510. The number of nitrogens with zero attached hydrogens (tertiary/aromatic N) is 2. The van der Waals surface area contributed by atoms with Gasteiger partial charge in [0.2, 0.25) is 0 Å². The molecule has 0 bridgehead atoms. The maximum absolute atomic E-state index is 4.33. The van der Waals surface area contributed by atoms with Gasteiger partial charge in [-0.15, -0.1) is 0 Å². The van der Waals surface area contributed by atoms with Crippen molar-refractivity contribution >= 4 is 12.4 Å². The molecule has 0 aromatic heterocycles. The first kappa shape index (κ1) is 12.3. The minimum Gasteiger partial charge on any atom is -0.380 e. The van der Waals surface area contributed by atoms with Crippen molar-refractivity contribution in [3.8, 4) is 0 Å². The number of hydrogen-bond acceptors (Lipinski definition) is 3. The number of allylic oxidation sites excluding steroid dienone is 1. The van der Waals surface area contributed by atoms with Gasteiger partial charge in [-0.05, 0) is 12.5 Å². The highest BCUT2D eigenvalue weighted by Crippen LogP contribution is 2.21. The molecular weight excluding hydrogens is 222 g/mol. The maximum atomic E-state index is 4.33. The fourth-order valence-corrected chi connectivity index (χ4v) is 1.80. The monoisotopic (exact) mass is 239 g/mol. The van der Waals surface area contributed by atoms with Gasteiger partial charge in [0, 0.05) is 25.4 Å². The van der Waals surface area contributed by atoms with Crippen LogP contribution in [0.2, 0.25) is 0 Å². The molecule has 3 nitrogen and oxygen atoms in total. The third-order valence-corrected chi connectivity index (χ3v) is 2.70. The molecule has 0 saturated heterocycles. The van der Waals surface area contributed by atoms with E-state index in [1.54, 1.807) is 6.21 Å². The summed E-state index contributed by atoms with van der Waals surface area (Å²) >= 11 is 0. The van der Waals surface area contributed by atoms with Gasteiger partial charge in [-0.25, -0.2) is 0 Å². The smallest absolute Gasteiger partial charge is 0.107 e. The lowest BCUT2D eigenvalue weighted by atomic mass is 10.2. The van der Waals surface area contributed by atoms with E-state index in [4.69, 9.17) is 0 Å². The van der Waals surface area contributed by atoms with Crippen LogP contribution in [0.15, 0.2) is 64.0 Å². The molecule has 1 N–H and O–H groups in total. The predicted molar refractivity (Wildman–Crippen MR) is 76.7 cm³/mol. The van der Waals surface area contributed by atoms with Gasteiger partial charge in [0.05, 0.1) is 11.4 Å². The molecular formula is C15H17N3. The lowest BCUT2D eigenvalue weighted by Crippen LogP contribution is -2.13.